The van der Waals surface area contributed by atoms with Crippen LogP contribution in [0.2, 0.25) is 0 Å². The molecule has 0 aliphatic rings. The number of nitro benzene ring substituents is 1. The Morgan fingerprint density at radius 3 is 2.67 bits per heavy atom. The van der Waals surface area contributed by atoms with E-state index in [9.17, 15) is 14.9 Å². The van der Waals surface area contributed by atoms with E-state index in [0.29, 0.717) is 11.3 Å². The van der Waals surface area contributed by atoms with Gasteiger partial charge in [0.15, 0.2) is 0 Å². The fourth-order valence-corrected chi connectivity index (χ4v) is 2.12. The molecule has 0 unspecified atom stereocenters. The van der Waals surface area contributed by atoms with Gasteiger partial charge >= 0.3 is 0 Å². The zero-order valence-electron chi connectivity index (χ0n) is 11.0. The number of nitrogens with zero attached hydrogens (tertiary/aromatic N) is 1. The summed E-state index contributed by atoms with van der Waals surface area (Å²) in [6, 6.07) is 10.9. The minimum atomic E-state index is -0.525. The lowest BCUT2D eigenvalue weighted by atomic mass is 10.2. The van der Waals surface area contributed by atoms with E-state index in [1.807, 2.05) is 6.07 Å². The number of hydrogen-bond donors (Lipinski definition) is 1. The number of rotatable bonds is 4. The Morgan fingerprint density at radius 1 is 1.29 bits per heavy atom. The predicted octanol–water partition coefficient (Wildman–Crippen LogP) is 3.62. The van der Waals surface area contributed by atoms with Crippen LogP contribution < -0.4 is 10.1 Å². The number of amides is 1. The van der Waals surface area contributed by atoms with Crippen molar-refractivity contribution in [2.45, 2.75) is 0 Å². The lowest BCUT2D eigenvalue weighted by Crippen LogP contribution is -2.12. The van der Waals surface area contributed by atoms with Crippen molar-refractivity contribution in [3.05, 3.63) is 62.6 Å². The SMILES string of the molecule is COc1cc([N+](=O)[O-])ccc1NC(=O)c1cccc(Br)c1. The Morgan fingerprint density at radius 2 is 2.05 bits per heavy atom. The molecule has 0 saturated carbocycles. The van der Waals surface area contributed by atoms with Gasteiger partial charge in [0.1, 0.15) is 5.75 Å². The highest BCUT2D eigenvalue weighted by molar-refractivity contribution is 9.10. The second-order valence-corrected chi connectivity index (χ2v) is 5.02. The molecule has 0 aliphatic heterocycles. The number of hydrogen-bond acceptors (Lipinski definition) is 4. The first kappa shape index (κ1) is 15.0. The van der Waals surface area contributed by atoms with Crippen molar-refractivity contribution in [2.24, 2.45) is 0 Å². The molecule has 1 N–H and O–H groups in total. The molecule has 0 aliphatic carbocycles. The Hall–Kier alpha value is -2.41. The van der Waals surface area contributed by atoms with Crippen molar-refractivity contribution in [3.8, 4) is 5.75 Å². The molecule has 2 aromatic rings. The summed E-state index contributed by atoms with van der Waals surface area (Å²) in [6.45, 7) is 0. The molecule has 0 fully saturated rings. The highest BCUT2D eigenvalue weighted by Crippen LogP contribution is 2.29. The molecule has 1 amide bonds. The summed E-state index contributed by atoms with van der Waals surface area (Å²) in [6.07, 6.45) is 0. The van der Waals surface area contributed by atoms with E-state index in [1.165, 1.54) is 25.3 Å². The van der Waals surface area contributed by atoms with Gasteiger partial charge in [0, 0.05) is 16.1 Å². The van der Waals surface area contributed by atoms with Gasteiger partial charge in [0.25, 0.3) is 11.6 Å². The topological polar surface area (TPSA) is 81.5 Å². The number of benzene rings is 2. The first-order valence-corrected chi connectivity index (χ1v) is 6.70. The van der Waals surface area contributed by atoms with Crippen molar-refractivity contribution < 1.29 is 14.5 Å². The second kappa shape index (κ2) is 6.36. The second-order valence-electron chi connectivity index (χ2n) is 4.11. The molecule has 6 nitrogen and oxygen atoms in total. The molecule has 0 heterocycles. The first-order valence-electron chi connectivity index (χ1n) is 5.90. The van der Waals surface area contributed by atoms with Crippen molar-refractivity contribution in [2.75, 3.05) is 12.4 Å². The van der Waals surface area contributed by atoms with Gasteiger partial charge in [0.05, 0.1) is 23.8 Å². The smallest absolute Gasteiger partial charge is 0.273 e. The number of carbonyl (C=O) groups is 1. The molecule has 2 rings (SSSR count). The van der Waals surface area contributed by atoms with E-state index >= 15 is 0 Å². The van der Waals surface area contributed by atoms with E-state index < -0.39 is 4.92 Å². The van der Waals surface area contributed by atoms with Crippen molar-refractivity contribution >= 4 is 33.2 Å². The maximum atomic E-state index is 12.1. The zero-order valence-corrected chi connectivity index (χ0v) is 12.6. The predicted molar refractivity (Wildman–Crippen MR) is 81.7 cm³/mol. The number of non-ortho nitro benzene ring substituents is 1. The molecule has 0 atom stereocenters. The molecule has 0 bridgehead atoms. The van der Waals surface area contributed by atoms with Crippen LogP contribution in [-0.4, -0.2) is 17.9 Å². The molecule has 7 heteroatoms. The van der Waals surface area contributed by atoms with Gasteiger partial charge in [0.2, 0.25) is 0 Å². The average molecular weight is 351 g/mol. The maximum absolute atomic E-state index is 12.1. The van der Waals surface area contributed by atoms with Crippen LogP contribution in [-0.2, 0) is 0 Å². The molecule has 108 valence electrons. The van der Waals surface area contributed by atoms with Crippen LogP contribution in [0.15, 0.2) is 46.9 Å². The number of nitro groups is 1. The molecular formula is C14H11BrN2O4. The number of anilines is 1. The molecule has 0 radical (unpaired) electrons. The normalized spacial score (nSPS) is 10.0. The van der Waals surface area contributed by atoms with E-state index in [-0.39, 0.29) is 17.3 Å². The van der Waals surface area contributed by atoms with Crippen LogP contribution in [0, 0.1) is 10.1 Å². The van der Waals surface area contributed by atoms with Gasteiger partial charge in [-0.15, -0.1) is 0 Å². The van der Waals surface area contributed by atoms with Crippen LogP contribution in [0.1, 0.15) is 10.4 Å². The van der Waals surface area contributed by atoms with Crippen molar-refractivity contribution in [1.29, 1.82) is 0 Å². The van der Waals surface area contributed by atoms with Gasteiger partial charge in [-0.1, -0.05) is 22.0 Å². The van der Waals surface area contributed by atoms with Gasteiger partial charge in [-0.2, -0.15) is 0 Å². The zero-order chi connectivity index (χ0) is 15.4. The number of methoxy groups -OCH3 is 1. The quantitative estimate of drug-likeness (QED) is 0.674. The van der Waals surface area contributed by atoms with Crippen LogP contribution >= 0.6 is 15.9 Å². The van der Waals surface area contributed by atoms with Gasteiger partial charge in [-0.05, 0) is 24.3 Å². The van der Waals surface area contributed by atoms with Crippen molar-refractivity contribution in [3.63, 3.8) is 0 Å². The summed E-state index contributed by atoms with van der Waals surface area (Å²) < 4.78 is 5.85. The molecule has 0 saturated heterocycles. The summed E-state index contributed by atoms with van der Waals surface area (Å²) in [7, 11) is 1.38. The minimum absolute atomic E-state index is 0.104. The third kappa shape index (κ3) is 3.57. The van der Waals surface area contributed by atoms with E-state index in [2.05, 4.69) is 21.2 Å². The fourth-order valence-electron chi connectivity index (χ4n) is 1.72. The third-order valence-electron chi connectivity index (χ3n) is 2.73. The Bertz CT molecular complexity index is 703. The highest BCUT2D eigenvalue weighted by Gasteiger charge is 2.14. The fraction of sp³-hybridized carbons (Fsp3) is 0.0714. The van der Waals surface area contributed by atoms with Gasteiger partial charge in [-0.25, -0.2) is 0 Å². The average Bonchev–Trinajstić information content (AvgIpc) is 2.47. The number of carbonyl (C=O) groups excluding carboxylic acids is 1. The summed E-state index contributed by atoms with van der Waals surface area (Å²) in [4.78, 5) is 22.3. The van der Waals surface area contributed by atoms with Crippen LogP contribution in [0.3, 0.4) is 0 Å². The van der Waals surface area contributed by atoms with Crippen LogP contribution in [0.4, 0.5) is 11.4 Å². The first-order chi connectivity index (χ1) is 10.0. The lowest BCUT2D eigenvalue weighted by molar-refractivity contribution is -0.384. The lowest BCUT2D eigenvalue weighted by Gasteiger charge is -2.10. The molecule has 21 heavy (non-hydrogen) atoms. The van der Waals surface area contributed by atoms with Crippen LogP contribution in [0.5, 0.6) is 5.75 Å². The monoisotopic (exact) mass is 350 g/mol. The minimum Gasteiger partial charge on any atom is -0.494 e. The maximum Gasteiger partial charge on any atom is 0.273 e. The van der Waals surface area contributed by atoms with E-state index in [0.717, 1.165) is 4.47 Å². The van der Waals surface area contributed by atoms with Crippen molar-refractivity contribution in [1.82, 2.24) is 0 Å². The Balaban J connectivity index is 2.27. The number of nitrogens with one attached hydrogen (secondary N) is 1. The standard InChI is InChI=1S/C14H11BrN2O4/c1-21-13-8-11(17(19)20)5-6-12(13)16-14(18)9-3-2-4-10(15)7-9/h2-8H,1H3,(H,16,18). The number of halogens is 1. The highest BCUT2D eigenvalue weighted by atomic mass is 79.9. The van der Waals surface area contributed by atoms with Crippen LogP contribution in [0.25, 0.3) is 0 Å². The Labute approximate surface area is 129 Å². The molecule has 0 aromatic heterocycles. The summed E-state index contributed by atoms with van der Waals surface area (Å²) in [5, 5.41) is 13.4. The summed E-state index contributed by atoms with van der Waals surface area (Å²) in [5.74, 6) is -0.101. The van der Waals surface area contributed by atoms with Gasteiger partial charge < -0.3 is 10.1 Å². The molecule has 0 spiro atoms. The Kier molecular flexibility index (Phi) is 4.54. The third-order valence-corrected chi connectivity index (χ3v) is 3.22. The van der Waals surface area contributed by atoms with E-state index in [4.69, 9.17) is 4.74 Å². The summed E-state index contributed by atoms with van der Waals surface area (Å²) in [5.41, 5.74) is 0.727. The van der Waals surface area contributed by atoms with Gasteiger partial charge in [-0.3, -0.25) is 14.9 Å². The number of ether oxygens (including phenoxy) is 1. The van der Waals surface area contributed by atoms with E-state index in [1.54, 1.807) is 18.2 Å². The molecule has 2 aromatic carbocycles. The largest absolute Gasteiger partial charge is 0.494 e. The summed E-state index contributed by atoms with van der Waals surface area (Å²) >= 11 is 3.29. The molecular weight excluding hydrogens is 340 g/mol.